The summed E-state index contributed by atoms with van der Waals surface area (Å²) in [4.78, 5) is 0. The topological polar surface area (TPSA) is 20.2 Å². The van der Waals surface area contributed by atoms with Gasteiger partial charge in [-0.2, -0.15) is 0 Å². The van der Waals surface area contributed by atoms with Gasteiger partial charge in [-0.25, -0.2) is 0 Å². The highest BCUT2D eigenvalue weighted by Gasteiger charge is 2.16. The molecule has 0 spiro atoms. The smallest absolute Gasteiger partial charge is 0.126 e. The molecule has 0 bridgehead atoms. The van der Waals surface area contributed by atoms with Gasteiger partial charge >= 0.3 is 0 Å². The van der Waals surface area contributed by atoms with E-state index in [0.29, 0.717) is 5.75 Å². The van der Waals surface area contributed by atoms with Gasteiger partial charge in [-0.1, -0.05) is 68.5 Å². The van der Waals surface area contributed by atoms with Crippen molar-refractivity contribution in [2.75, 3.05) is 0 Å². The average Bonchev–Trinajstić information content (AvgIpc) is 2.43. The van der Waals surface area contributed by atoms with E-state index in [1.807, 2.05) is 18.2 Å². The predicted octanol–water partition coefficient (Wildman–Crippen LogP) is 4.67. The number of benzene rings is 2. The Kier molecular flexibility index (Phi) is 3.22. The van der Waals surface area contributed by atoms with Crippen molar-refractivity contribution in [3.05, 3.63) is 42.0 Å². The van der Waals surface area contributed by atoms with Crippen molar-refractivity contribution in [1.82, 2.24) is 0 Å². The largest absolute Gasteiger partial charge is 0.507 e. The van der Waals surface area contributed by atoms with E-state index in [9.17, 15) is 5.11 Å². The van der Waals surface area contributed by atoms with Gasteiger partial charge in [0.1, 0.15) is 5.75 Å². The summed E-state index contributed by atoms with van der Waals surface area (Å²) in [7, 11) is 0. The lowest BCUT2D eigenvalue weighted by atomic mass is 9.84. The van der Waals surface area contributed by atoms with Crippen LogP contribution in [0, 0.1) is 5.92 Å². The van der Waals surface area contributed by atoms with E-state index in [4.69, 9.17) is 0 Å². The molecule has 1 aliphatic carbocycles. The summed E-state index contributed by atoms with van der Waals surface area (Å²) in [5.74, 6) is 1.27. The molecule has 1 fully saturated rings. The first-order valence-electron chi connectivity index (χ1n) is 7.04. The predicted molar refractivity (Wildman–Crippen MR) is 75.9 cm³/mol. The van der Waals surface area contributed by atoms with E-state index in [2.05, 4.69) is 18.2 Å². The molecule has 0 aromatic heterocycles. The number of phenolic OH excluding ortho intramolecular Hbond substituents is 1. The van der Waals surface area contributed by atoms with Gasteiger partial charge in [0.25, 0.3) is 0 Å². The van der Waals surface area contributed by atoms with Gasteiger partial charge in [0.05, 0.1) is 0 Å². The molecule has 1 nitrogen and oxygen atoms in total. The molecule has 0 radical (unpaired) electrons. The number of hydrogen-bond donors (Lipinski definition) is 1. The van der Waals surface area contributed by atoms with E-state index < -0.39 is 0 Å². The van der Waals surface area contributed by atoms with Crippen molar-refractivity contribution in [3.8, 4) is 5.75 Å². The lowest BCUT2D eigenvalue weighted by Gasteiger charge is -2.22. The number of aromatic hydroxyl groups is 1. The van der Waals surface area contributed by atoms with Crippen LogP contribution in [0.2, 0.25) is 0 Å². The van der Waals surface area contributed by atoms with Crippen LogP contribution in [-0.2, 0) is 6.42 Å². The minimum Gasteiger partial charge on any atom is -0.507 e. The van der Waals surface area contributed by atoms with Gasteiger partial charge in [0.15, 0.2) is 0 Å². The third-order valence-electron chi connectivity index (χ3n) is 4.22. The molecule has 18 heavy (non-hydrogen) atoms. The van der Waals surface area contributed by atoms with E-state index in [1.165, 1.54) is 32.1 Å². The molecular weight excluding hydrogens is 220 g/mol. The number of rotatable bonds is 2. The van der Waals surface area contributed by atoms with Crippen LogP contribution in [0.15, 0.2) is 36.4 Å². The fourth-order valence-corrected chi connectivity index (χ4v) is 3.17. The quantitative estimate of drug-likeness (QED) is 0.808. The summed E-state index contributed by atoms with van der Waals surface area (Å²) in [5, 5.41) is 12.5. The second-order valence-corrected chi connectivity index (χ2v) is 5.50. The second-order valence-electron chi connectivity index (χ2n) is 5.50. The van der Waals surface area contributed by atoms with Crippen LogP contribution in [-0.4, -0.2) is 5.11 Å². The Morgan fingerprint density at radius 1 is 0.944 bits per heavy atom. The zero-order valence-electron chi connectivity index (χ0n) is 10.7. The van der Waals surface area contributed by atoms with Crippen LogP contribution in [0.5, 0.6) is 5.75 Å². The first kappa shape index (κ1) is 11.6. The normalized spacial score (nSPS) is 17.1. The van der Waals surface area contributed by atoms with Gasteiger partial charge in [-0.05, 0) is 23.3 Å². The summed E-state index contributed by atoms with van der Waals surface area (Å²) >= 11 is 0. The summed E-state index contributed by atoms with van der Waals surface area (Å²) < 4.78 is 0. The molecule has 0 saturated heterocycles. The molecule has 0 heterocycles. The van der Waals surface area contributed by atoms with E-state index in [-0.39, 0.29) is 0 Å². The highest BCUT2D eigenvalue weighted by molar-refractivity contribution is 5.89. The Hall–Kier alpha value is -1.50. The SMILES string of the molecule is Oc1c(CC2CCCCC2)ccc2ccccc12. The van der Waals surface area contributed by atoms with Crippen LogP contribution in [0.25, 0.3) is 10.8 Å². The average molecular weight is 240 g/mol. The fourth-order valence-electron chi connectivity index (χ4n) is 3.17. The Labute approximate surface area is 108 Å². The molecule has 3 rings (SSSR count). The second kappa shape index (κ2) is 5.01. The lowest BCUT2D eigenvalue weighted by Crippen LogP contribution is -2.09. The highest BCUT2D eigenvalue weighted by Crippen LogP contribution is 2.33. The van der Waals surface area contributed by atoms with Crippen LogP contribution in [0.1, 0.15) is 37.7 Å². The van der Waals surface area contributed by atoms with Gasteiger partial charge in [0.2, 0.25) is 0 Å². The number of fused-ring (bicyclic) bond motifs is 1. The molecule has 0 atom stereocenters. The maximum atomic E-state index is 10.4. The summed E-state index contributed by atoms with van der Waals surface area (Å²) in [6.07, 6.45) is 7.80. The molecule has 1 N–H and O–H groups in total. The Balaban J connectivity index is 1.89. The Morgan fingerprint density at radius 3 is 2.56 bits per heavy atom. The number of hydrogen-bond acceptors (Lipinski definition) is 1. The Bertz CT molecular complexity index is 538. The van der Waals surface area contributed by atoms with Crippen LogP contribution in [0.3, 0.4) is 0 Å². The third kappa shape index (κ3) is 2.22. The van der Waals surface area contributed by atoms with Crippen molar-refractivity contribution in [2.45, 2.75) is 38.5 Å². The van der Waals surface area contributed by atoms with E-state index in [1.54, 1.807) is 0 Å². The number of phenols is 1. The summed E-state index contributed by atoms with van der Waals surface area (Å²) in [6, 6.07) is 12.3. The van der Waals surface area contributed by atoms with Crippen molar-refractivity contribution in [2.24, 2.45) is 5.92 Å². The van der Waals surface area contributed by atoms with Gasteiger partial charge in [0, 0.05) is 5.39 Å². The molecule has 1 saturated carbocycles. The highest BCUT2D eigenvalue weighted by atomic mass is 16.3. The minimum atomic E-state index is 0.499. The van der Waals surface area contributed by atoms with Crippen molar-refractivity contribution < 1.29 is 5.11 Å². The minimum absolute atomic E-state index is 0.499. The maximum absolute atomic E-state index is 10.4. The molecular formula is C17H20O. The first-order chi connectivity index (χ1) is 8.84. The Morgan fingerprint density at radius 2 is 1.72 bits per heavy atom. The van der Waals surface area contributed by atoms with Gasteiger partial charge in [-0.15, -0.1) is 0 Å². The molecule has 0 unspecified atom stereocenters. The lowest BCUT2D eigenvalue weighted by molar-refractivity contribution is 0.352. The molecule has 94 valence electrons. The van der Waals surface area contributed by atoms with E-state index >= 15 is 0 Å². The summed E-state index contributed by atoms with van der Waals surface area (Å²) in [5.41, 5.74) is 1.13. The van der Waals surface area contributed by atoms with E-state index in [0.717, 1.165) is 28.7 Å². The molecule has 0 aliphatic heterocycles. The first-order valence-corrected chi connectivity index (χ1v) is 7.04. The standard InChI is InChI=1S/C17H20O/c18-17-15(12-13-6-2-1-3-7-13)11-10-14-8-4-5-9-16(14)17/h4-5,8-11,13,18H,1-3,6-7,12H2. The van der Waals surface area contributed by atoms with Gasteiger partial charge in [-0.3, -0.25) is 0 Å². The molecule has 2 aromatic rings. The van der Waals surface area contributed by atoms with Crippen molar-refractivity contribution in [3.63, 3.8) is 0 Å². The van der Waals surface area contributed by atoms with Crippen molar-refractivity contribution >= 4 is 10.8 Å². The molecule has 1 heteroatoms. The zero-order valence-corrected chi connectivity index (χ0v) is 10.7. The van der Waals surface area contributed by atoms with Crippen LogP contribution >= 0.6 is 0 Å². The molecule has 0 amide bonds. The molecule has 2 aromatic carbocycles. The van der Waals surface area contributed by atoms with Gasteiger partial charge < -0.3 is 5.11 Å². The third-order valence-corrected chi connectivity index (χ3v) is 4.22. The van der Waals surface area contributed by atoms with Crippen LogP contribution in [0.4, 0.5) is 0 Å². The van der Waals surface area contributed by atoms with Crippen molar-refractivity contribution in [1.29, 1.82) is 0 Å². The maximum Gasteiger partial charge on any atom is 0.126 e. The van der Waals surface area contributed by atoms with Crippen LogP contribution < -0.4 is 0 Å². The fraction of sp³-hybridized carbons (Fsp3) is 0.412. The summed E-state index contributed by atoms with van der Waals surface area (Å²) in [6.45, 7) is 0. The monoisotopic (exact) mass is 240 g/mol. The zero-order chi connectivity index (χ0) is 12.4. The molecule has 1 aliphatic rings.